The van der Waals surface area contributed by atoms with E-state index in [1.54, 1.807) is 43.0 Å². The van der Waals surface area contributed by atoms with E-state index < -0.39 is 11.3 Å². The molecule has 116 valence electrons. The molecule has 0 aromatic heterocycles. The van der Waals surface area contributed by atoms with Crippen LogP contribution in [0.15, 0.2) is 24.3 Å². The summed E-state index contributed by atoms with van der Waals surface area (Å²) < 4.78 is 5.22. The van der Waals surface area contributed by atoms with E-state index in [1.165, 1.54) is 0 Å². The van der Waals surface area contributed by atoms with Crippen LogP contribution < -0.4 is 5.32 Å². The molecular weight excluding hydrogens is 282 g/mol. The van der Waals surface area contributed by atoms with Crippen molar-refractivity contribution in [3.8, 4) is 6.07 Å². The van der Waals surface area contributed by atoms with Gasteiger partial charge in [-0.1, -0.05) is 12.1 Å². The number of rotatable bonds is 3. The van der Waals surface area contributed by atoms with Crippen molar-refractivity contribution in [2.24, 2.45) is 5.41 Å². The topological polar surface area (TPSA) is 82.4 Å². The van der Waals surface area contributed by atoms with Crippen molar-refractivity contribution >= 4 is 17.5 Å². The maximum absolute atomic E-state index is 12.6. The number of nitrogens with one attached hydrogen (secondary N) is 1. The maximum Gasteiger partial charge on any atom is 0.239 e. The van der Waals surface area contributed by atoms with Gasteiger partial charge in [0, 0.05) is 13.1 Å². The number of benzene rings is 1. The van der Waals surface area contributed by atoms with Crippen LogP contribution in [-0.4, -0.2) is 43.0 Å². The summed E-state index contributed by atoms with van der Waals surface area (Å²) in [6, 6.07) is 8.73. The largest absolute Gasteiger partial charge is 0.378 e. The van der Waals surface area contributed by atoms with E-state index in [9.17, 15) is 9.59 Å². The Morgan fingerprint density at radius 1 is 1.27 bits per heavy atom. The second-order valence-corrected chi connectivity index (χ2v) is 5.64. The van der Waals surface area contributed by atoms with Crippen LogP contribution in [0.4, 0.5) is 5.69 Å². The number of carbonyl (C=O) groups excluding carboxylic acids is 2. The van der Waals surface area contributed by atoms with Crippen molar-refractivity contribution < 1.29 is 14.3 Å². The minimum absolute atomic E-state index is 0.234. The van der Waals surface area contributed by atoms with Crippen LogP contribution in [-0.2, 0) is 14.3 Å². The number of hydrogen-bond acceptors (Lipinski definition) is 4. The summed E-state index contributed by atoms with van der Waals surface area (Å²) in [7, 11) is 0. The summed E-state index contributed by atoms with van der Waals surface area (Å²) in [5, 5.41) is 11.7. The molecule has 1 aliphatic heterocycles. The predicted molar refractivity (Wildman–Crippen MR) is 81.0 cm³/mol. The van der Waals surface area contributed by atoms with Gasteiger partial charge in [0.2, 0.25) is 11.8 Å². The normalized spacial score (nSPS) is 15.0. The number of anilines is 1. The van der Waals surface area contributed by atoms with Crippen molar-refractivity contribution in [1.29, 1.82) is 5.26 Å². The Morgan fingerprint density at radius 3 is 2.55 bits per heavy atom. The maximum atomic E-state index is 12.6. The monoisotopic (exact) mass is 301 g/mol. The lowest BCUT2D eigenvalue weighted by Crippen LogP contribution is -2.51. The van der Waals surface area contributed by atoms with Crippen molar-refractivity contribution in [2.75, 3.05) is 31.6 Å². The highest BCUT2D eigenvalue weighted by Crippen LogP contribution is 2.24. The molecule has 1 aromatic carbocycles. The van der Waals surface area contributed by atoms with E-state index in [1.807, 2.05) is 6.07 Å². The van der Waals surface area contributed by atoms with Crippen LogP contribution in [0.2, 0.25) is 0 Å². The van der Waals surface area contributed by atoms with Gasteiger partial charge in [0.25, 0.3) is 0 Å². The first-order chi connectivity index (χ1) is 10.5. The Labute approximate surface area is 129 Å². The van der Waals surface area contributed by atoms with Crippen molar-refractivity contribution in [1.82, 2.24) is 4.90 Å². The minimum Gasteiger partial charge on any atom is -0.378 e. The summed E-state index contributed by atoms with van der Waals surface area (Å²) in [6.07, 6.45) is 0. The van der Waals surface area contributed by atoms with Gasteiger partial charge in [-0.05, 0) is 26.0 Å². The summed E-state index contributed by atoms with van der Waals surface area (Å²) in [6.45, 7) is 5.14. The highest BCUT2D eigenvalue weighted by Gasteiger charge is 2.39. The zero-order chi connectivity index (χ0) is 16.2. The van der Waals surface area contributed by atoms with Crippen LogP contribution in [0, 0.1) is 16.7 Å². The zero-order valence-corrected chi connectivity index (χ0v) is 12.8. The first-order valence-corrected chi connectivity index (χ1v) is 7.14. The summed E-state index contributed by atoms with van der Waals surface area (Å²) in [5.74, 6) is -0.658. The quantitative estimate of drug-likeness (QED) is 0.855. The molecule has 2 amide bonds. The first-order valence-electron chi connectivity index (χ1n) is 7.14. The molecule has 0 saturated carbocycles. The fourth-order valence-corrected chi connectivity index (χ4v) is 2.23. The van der Waals surface area contributed by atoms with E-state index in [0.717, 1.165) is 0 Å². The summed E-state index contributed by atoms with van der Waals surface area (Å²) >= 11 is 0. The first kappa shape index (κ1) is 16.0. The molecule has 0 atom stereocenters. The van der Waals surface area contributed by atoms with Crippen LogP contribution in [0.25, 0.3) is 0 Å². The number of para-hydroxylation sites is 1. The van der Waals surface area contributed by atoms with Gasteiger partial charge in [0.05, 0.1) is 24.5 Å². The summed E-state index contributed by atoms with van der Waals surface area (Å²) in [5.41, 5.74) is -0.428. The van der Waals surface area contributed by atoms with Crippen molar-refractivity contribution in [2.45, 2.75) is 13.8 Å². The Hall–Kier alpha value is -2.39. The van der Waals surface area contributed by atoms with E-state index in [4.69, 9.17) is 10.00 Å². The van der Waals surface area contributed by atoms with Gasteiger partial charge in [0.1, 0.15) is 11.5 Å². The second kappa shape index (κ2) is 6.58. The predicted octanol–water partition coefficient (Wildman–Crippen LogP) is 1.38. The molecule has 1 fully saturated rings. The molecule has 0 bridgehead atoms. The number of carbonyl (C=O) groups is 2. The summed E-state index contributed by atoms with van der Waals surface area (Å²) in [4.78, 5) is 26.7. The van der Waals surface area contributed by atoms with Gasteiger partial charge in [0.15, 0.2) is 0 Å². The van der Waals surface area contributed by atoms with Crippen molar-refractivity contribution in [3.05, 3.63) is 29.8 Å². The standard InChI is InChI=1S/C16H19N3O3/c1-16(2,15(21)19-7-9-22-10-8-19)14(20)18-13-6-4-3-5-12(13)11-17/h3-6H,7-10H2,1-2H3,(H,18,20). The molecule has 0 radical (unpaired) electrons. The number of nitriles is 1. The Morgan fingerprint density at radius 2 is 1.91 bits per heavy atom. The van der Waals surface area contributed by atoms with Gasteiger partial charge in [-0.2, -0.15) is 5.26 Å². The molecule has 6 nitrogen and oxygen atoms in total. The lowest BCUT2D eigenvalue weighted by atomic mass is 9.89. The van der Waals surface area contributed by atoms with Gasteiger partial charge in [-0.25, -0.2) is 0 Å². The smallest absolute Gasteiger partial charge is 0.239 e. The van der Waals surface area contributed by atoms with Crippen LogP contribution in [0.5, 0.6) is 0 Å². The Bertz CT molecular complexity index is 613. The number of ether oxygens (including phenoxy) is 1. The molecule has 1 aliphatic rings. The molecule has 1 N–H and O–H groups in total. The van der Waals surface area contributed by atoms with E-state index in [-0.39, 0.29) is 5.91 Å². The molecule has 6 heteroatoms. The Balaban J connectivity index is 2.13. The highest BCUT2D eigenvalue weighted by atomic mass is 16.5. The van der Waals surface area contributed by atoms with E-state index >= 15 is 0 Å². The second-order valence-electron chi connectivity index (χ2n) is 5.64. The average Bonchev–Trinajstić information content (AvgIpc) is 2.55. The number of hydrogen-bond donors (Lipinski definition) is 1. The third kappa shape index (κ3) is 3.26. The average molecular weight is 301 g/mol. The lowest BCUT2D eigenvalue weighted by Gasteiger charge is -2.33. The van der Waals surface area contributed by atoms with Gasteiger partial charge in [-0.3, -0.25) is 9.59 Å². The molecule has 1 aromatic rings. The SMILES string of the molecule is CC(C)(C(=O)Nc1ccccc1C#N)C(=O)N1CCOCC1. The Kier molecular flexibility index (Phi) is 4.78. The number of amides is 2. The molecule has 1 saturated heterocycles. The van der Waals surface area contributed by atoms with Crippen molar-refractivity contribution in [3.63, 3.8) is 0 Å². The molecule has 1 heterocycles. The highest BCUT2D eigenvalue weighted by molar-refractivity contribution is 6.10. The van der Waals surface area contributed by atoms with E-state index in [0.29, 0.717) is 37.6 Å². The zero-order valence-electron chi connectivity index (χ0n) is 12.8. The fourth-order valence-electron chi connectivity index (χ4n) is 2.23. The molecular formula is C16H19N3O3. The minimum atomic E-state index is -1.21. The van der Waals surface area contributed by atoms with Crippen LogP contribution in [0.3, 0.4) is 0 Å². The lowest BCUT2D eigenvalue weighted by molar-refractivity contribution is -0.149. The van der Waals surface area contributed by atoms with Crippen LogP contribution in [0.1, 0.15) is 19.4 Å². The van der Waals surface area contributed by atoms with Gasteiger partial charge in [-0.15, -0.1) is 0 Å². The van der Waals surface area contributed by atoms with Gasteiger partial charge < -0.3 is 15.0 Å². The molecule has 0 unspecified atom stereocenters. The molecule has 22 heavy (non-hydrogen) atoms. The van der Waals surface area contributed by atoms with E-state index in [2.05, 4.69) is 5.32 Å². The molecule has 0 aliphatic carbocycles. The number of nitrogens with zero attached hydrogens (tertiary/aromatic N) is 2. The van der Waals surface area contributed by atoms with Gasteiger partial charge >= 0.3 is 0 Å². The van der Waals surface area contributed by atoms with Crippen LogP contribution >= 0.6 is 0 Å². The molecule has 2 rings (SSSR count). The molecule has 0 spiro atoms. The fraction of sp³-hybridized carbons (Fsp3) is 0.438. The number of morpholine rings is 1. The third-order valence-electron chi connectivity index (χ3n) is 3.70. The third-order valence-corrected chi connectivity index (χ3v) is 3.70.